The highest BCUT2D eigenvalue weighted by atomic mass is 16.5. The molecular formula is C8H18BNO3. The van der Waals surface area contributed by atoms with E-state index in [0.717, 1.165) is 0 Å². The van der Waals surface area contributed by atoms with E-state index in [4.69, 9.17) is 9.47 Å². The predicted octanol–water partition coefficient (Wildman–Crippen LogP) is -0.796. The van der Waals surface area contributed by atoms with Gasteiger partial charge >= 0.3 is 0 Å². The summed E-state index contributed by atoms with van der Waals surface area (Å²) in [6.07, 6.45) is 0.451. The number of hydrogen-bond acceptors (Lipinski definition) is 3. The summed E-state index contributed by atoms with van der Waals surface area (Å²) < 4.78 is 10.1. The molecule has 13 heavy (non-hydrogen) atoms. The molecular weight excluding hydrogens is 169 g/mol. The number of methoxy groups -OCH3 is 2. The molecule has 0 aliphatic rings. The van der Waals surface area contributed by atoms with Crippen LogP contribution in [0.3, 0.4) is 0 Å². The van der Waals surface area contributed by atoms with Gasteiger partial charge in [0, 0.05) is 14.2 Å². The van der Waals surface area contributed by atoms with E-state index in [2.05, 4.69) is 5.32 Å². The Labute approximate surface area is 80.4 Å². The molecule has 1 N–H and O–H groups in total. The van der Waals surface area contributed by atoms with Gasteiger partial charge in [0.1, 0.15) is 7.85 Å². The first-order chi connectivity index (χ1) is 6.15. The van der Waals surface area contributed by atoms with Crippen LogP contribution in [0.4, 0.5) is 0 Å². The predicted molar refractivity (Wildman–Crippen MR) is 53.6 cm³/mol. The van der Waals surface area contributed by atoms with Crippen LogP contribution in [0.2, 0.25) is 6.32 Å². The molecule has 0 saturated carbocycles. The highest BCUT2D eigenvalue weighted by Crippen LogP contribution is 1.98. The molecule has 0 aromatic heterocycles. The van der Waals surface area contributed by atoms with Crippen molar-refractivity contribution < 1.29 is 14.3 Å². The Bertz CT molecular complexity index is 154. The summed E-state index contributed by atoms with van der Waals surface area (Å²) in [5.74, 6) is 0.0194. The topological polar surface area (TPSA) is 47.6 Å². The minimum absolute atomic E-state index is 0.0194. The SMILES string of the molecule is BCC(=O)NC(COC)C(C)OC. The number of carbonyl (C=O) groups is 1. The molecule has 2 unspecified atom stereocenters. The minimum Gasteiger partial charge on any atom is -0.382 e. The van der Waals surface area contributed by atoms with E-state index in [1.807, 2.05) is 14.8 Å². The monoisotopic (exact) mass is 187 g/mol. The first-order valence-electron chi connectivity index (χ1n) is 4.46. The molecule has 2 atom stereocenters. The quantitative estimate of drug-likeness (QED) is 0.554. The van der Waals surface area contributed by atoms with E-state index in [1.165, 1.54) is 0 Å². The zero-order chi connectivity index (χ0) is 10.3. The molecule has 0 saturated heterocycles. The third-order valence-corrected chi connectivity index (χ3v) is 1.95. The average molecular weight is 187 g/mol. The molecule has 0 heterocycles. The van der Waals surface area contributed by atoms with Gasteiger partial charge in [0.05, 0.1) is 18.8 Å². The fourth-order valence-electron chi connectivity index (χ4n) is 0.947. The van der Waals surface area contributed by atoms with Crippen LogP contribution in [-0.4, -0.2) is 46.7 Å². The molecule has 0 radical (unpaired) electrons. The van der Waals surface area contributed by atoms with Gasteiger partial charge in [-0.15, -0.1) is 0 Å². The van der Waals surface area contributed by atoms with Crippen molar-refractivity contribution in [3.05, 3.63) is 0 Å². The van der Waals surface area contributed by atoms with E-state index in [-0.39, 0.29) is 18.1 Å². The lowest BCUT2D eigenvalue weighted by Gasteiger charge is -2.23. The number of rotatable bonds is 6. The number of nitrogens with one attached hydrogen (secondary N) is 1. The van der Waals surface area contributed by atoms with Crippen molar-refractivity contribution in [1.29, 1.82) is 0 Å². The molecule has 5 heteroatoms. The van der Waals surface area contributed by atoms with Crippen LogP contribution in [0, 0.1) is 0 Å². The Morgan fingerprint density at radius 3 is 2.54 bits per heavy atom. The molecule has 0 aromatic rings. The smallest absolute Gasteiger partial charge is 0.212 e. The Kier molecular flexibility index (Phi) is 6.63. The third kappa shape index (κ3) is 4.90. The van der Waals surface area contributed by atoms with E-state index >= 15 is 0 Å². The van der Waals surface area contributed by atoms with Crippen LogP contribution < -0.4 is 5.32 Å². The summed E-state index contributed by atoms with van der Waals surface area (Å²) in [6, 6.07) is -0.0672. The van der Waals surface area contributed by atoms with Crippen molar-refractivity contribution in [2.45, 2.75) is 25.4 Å². The van der Waals surface area contributed by atoms with Crippen LogP contribution in [0.25, 0.3) is 0 Å². The molecule has 76 valence electrons. The summed E-state index contributed by atoms with van der Waals surface area (Å²) in [4.78, 5) is 11.1. The van der Waals surface area contributed by atoms with Gasteiger partial charge in [0.25, 0.3) is 0 Å². The van der Waals surface area contributed by atoms with Crippen molar-refractivity contribution >= 4 is 13.8 Å². The van der Waals surface area contributed by atoms with Crippen LogP contribution in [0.1, 0.15) is 6.92 Å². The lowest BCUT2D eigenvalue weighted by atomic mass is 10.0. The van der Waals surface area contributed by atoms with Crippen molar-refractivity contribution in [3.63, 3.8) is 0 Å². The van der Waals surface area contributed by atoms with Crippen LogP contribution in [-0.2, 0) is 14.3 Å². The van der Waals surface area contributed by atoms with Crippen molar-refractivity contribution in [2.24, 2.45) is 0 Å². The molecule has 0 aromatic carbocycles. The number of amides is 1. The van der Waals surface area contributed by atoms with E-state index in [0.29, 0.717) is 12.9 Å². The summed E-state index contributed by atoms with van der Waals surface area (Å²) in [7, 11) is 5.04. The van der Waals surface area contributed by atoms with Gasteiger partial charge in [-0.3, -0.25) is 4.79 Å². The molecule has 0 fully saturated rings. The largest absolute Gasteiger partial charge is 0.382 e. The van der Waals surface area contributed by atoms with Gasteiger partial charge in [-0.25, -0.2) is 0 Å². The number of carbonyl (C=O) groups excluding carboxylic acids is 1. The molecule has 1 amide bonds. The van der Waals surface area contributed by atoms with Crippen LogP contribution in [0.15, 0.2) is 0 Å². The summed E-state index contributed by atoms with van der Waals surface area (Å²) in [5.41, 5.74) is 0. The normalized spacial score (nSPS) is 15.0. The van der Waals surface area contributed by atoms with Crippen molar-refractivity contribution in [1.82, 2.24) is 5.32 Å². The van der Waals surface area contributed by atoms with Gasteiger partial charge in [0.15, 0.2) is 0 Å². The zero-order valence-electron chi connectivity index (χ0n) is 8.79. The maximum atomic E-state index is 11.1. The summed E-state index contributed by atoms with van der Waals surface area (Å²) >= 11 is 0. The Balaban J connectivity index is 4.00. The fraction of sp³-hybridized carbons (Fsp3) is 0.875. The van der Waals surface area contributed by atoms with E-state index < -0.39 is 0 Å². The van der Waals surface area contributed by atoms with Crippen LogP contribution in [0.5, 0.6) is 0 Å². The Morgan fingerprint density at radius 1 is 1.54 bits per heavy atom. The maximum absolute atomic E-state index is 11.1. The standard InChI is InChI=1S/C8H18BNO3/c1-6(13-3)7(5-12-2)10-8(11)4-9/h6-7H,4-5,9H2,1-3H3,(H,10,11). The van der Waals surface area contributed by atoms with Gasteiger partial charge in [-0.2, -0.15) is 0 Å². The second-order valence-electron chi connectivity index (χ2n) is 2.92. The lowest BCUT2D eigenvalue weighted by molar-refractivity contribution is -0.121. The maximum Gasteiger partial charge on any atom is 0.212 e. The van der Waals surface area contributed by atoms with Gasteiger partial charge in [-0.05, 0) is 13.2 Å². The first kappa shape index (κ1) is 12.5. The Morgan fingerprint density at radius 2 is 2.15 bits per heavy atom. The lowest BCUT2D eigenvalue weighted by Crippen LogP contribution is -2.45. The zero-order valence-corrected chi connectivity index (χ0v) is 8.79. The van der Waals surface area contributed by atoms with E-state index in [1.54, 1.807) is 14.2 Å². The van der Waals surface area contributed by atoms with Crippen molar-refractivity contribution in [3.8, 4) is 0 Å². The number of hydrogen-bond donors (Lipinski definition) is 1. The van der Waals surface area contributed by atoms with Gasteiger partial charge in [0.2, 0.25) is 5.91 Å². The highest BCUT2D eigenvalue weighted by molar-refractivity contribution is 6.19. The van der Waals surface area contributed by atoms with Gasteiger partial charge < -0.3 is 14.8 Å². The van der Waals surface area contributed by atoms with Crippen molar-refractivity contribution in [2.75, 3.05) is 20.8 Å². The molecule has 0 aliphatic heterocycles. The fourth-order valence-corrected chi connectivity index (χ4v) is 0.947. The second-order valence-corrected chi connectivity index (χ2v) is 2.92. The molecule has 0 bridgehead atoms. The highest BCUT2D eigenvalue weighted by Gasteiger charge is 2.17. The first-order valence-corrected chi connectivity index (χ1v) is 4.46. The second kappa shape index (κ2) is 6.92. The summed E-state index contributed by atoms with van der Waals surface area (Å²) in [6.45, 7) is 2.38. The van der Waals surface area contributed by atoms with Crippen LogP contribution >= 0.6 is 0 Å². The molecule has 0 rings (SSSR count). The molecule has 0 aliphatic carbocycles. The minimum atomic E-state index is -0.0672. The molecule has 0 spiro atoms. The van der Waals surface area contributed by atoms with E-state index in [9.17, 15) is 4.79 Å². The Hall–Kier alpha value is -0.545. The number of ether oxygens (including phenoxy) is 2. The average Bonchev–Trinajstić information content (AvgIpc) is 2.15. The molecule has 4 nitrogen and oxygen atoms in total. The third-order valence-electron chi connectivity index (χ3n) is 1.95. The van der Waals surface area contributed by atoms with Gasteiger partial charge in [-0.1, -0.05) is 0 Å². The summed E-state index contributed by atoms with van der Waals surface area (Å²) in [5, 5.41) is 2.83.